The van der Waals surface area contributed by atoms with Crippen LogP contribution < -0.4 is 9.62 Å². The zero-order chi connectivity index (χ0) is 20.1. The number of sulfonamides is 1. The highest BCUT2D eigenvalue weighted by Gasteiger charge is 2.20. The molecule has 0 atom stereocenters. The average molecular weight is 403 g/mol. The number of hydrogen-bond acceptors (Lipinski definition) is 5. The first-order chi connectivity index (χ1) is 13.3. The van der Waals surface area contributed by atoms with Crippen LogP contribution in [0.1, 0.15) is 25.0 Å². The van der Waals surface area contributed by atoms with Gasteiger partial charge >= 0.3 is 0 Å². The second-order valence-corrected chi connectivity index (χ2v) is 9.61. The standard InChI is InChI=1S/C21H30N4O2S/c1-17(2)15-18-6-8-20(9-7-18)28(26,27)23-16-19-5-4-10-22-21(19)25-13-11-24(3)12-14-25/h4-10,17,23H,11-16H2,1-3H3. The molecular formula is C21H30N4O2S. The number of aromatic nitrogens is 1. The predicted molar refractivity (Wildman–Crippen MR) is 113 cm³/mol. The van der Waals surface area contributed by atoms with E-state index in [2.05, 4.69) is 40.4 Å². The van der Waals surface area contributed by atoms with E-state index in [1.54, 1.807) is 18.3 Å². The number of anilines is 1. The zero-order valence-corrected chi connectivity index (χ0v) is 17.7. The molecule has 1 N–H and O–H groups in total. The quantitative estimate of drug-likeness (QED) is 0.771. The molecule has 0 aliphatic carbocycles. The van der Waals surface area contributed by atoms with E-state index < -0.39 is 10.0 Å². The summed E-state index contributed by atoms with van der Waals surface area (Å²) in [6.45, 7) is 8.27. The molecule has 1 aliphatic heterocycles. The van der Waals surface area contributed by atoms with Gasteiger partial charge in [-0.15, -0.1) is 0 Å². The van der Waals surface area contributed by atoms with E-state index >= 15 is 0 Å². The Kier molecular flexibility index (Phi) is 6.69. The summed E-state index contributed by atoms with van der Waals surface area (Å²) >= 11 is 0. The molecule has 6 nitrogen and oxygen atoms in total. The zero-order valence-electron chi connectivity index (χ0n) is 16.9. The lowest BCUT2D eigenvalue weighted by atomic mass is 10.0. The van der Waals surface area contributed by atoms with E-state index in [4.69, 9.17) is 0 Å². The van der Waals surface area contributed by atoms with E-state index in [1.807, 2.05) is 24.3 Å². The van der Waals surface area contributed by atoms with Gasteiger partial charge in [0.1, 0.15) is 5.82 Å². The van der Waals surface area contributed by atoms with Crippen LogP contribution in [0.25, 0.3) is 0 Å². The van der Waals surface area contributed by atoms with Gasteiger partial charge in [0, 0.05) is 44.5 Å². The molecular weight excluding hydrogens is 372 g/mol. The van der Waals surface area contributed by atoms with Gasteiger partial charge in [-0.05, 0) is 43.1 Å². The number of rotatable bonds is 7. The Morgan fingerprint density at radius 2 is 1.75 bits per heavy atom. The largest absolute Gasteiger partial charge is 0.354 e. The van der Waals surface area contributed by atoms with Gasteiger partial charge < -0.3 is 9.80 Å². The van der Waals surface area contributed by atoms with E-state index in [0.29, 0.717) is 10.8 Å². The molecule has 0 spiro atoms. The number of pyridine rings is 1. The molecule has 0 amide bonds. The van der Waals surface area contributed by atoms with Crippen molar-refractivity contribution in [1.82, 2.24) is 14.6 Å². The normalized spacial score (nSPS) is 15.9. The van der Waals surface area contributed by atoms with Crippen molar-refractivity contribution < 1.29 is 8.42 Å². The van der Waals surface area contributed by atoms with Crippen LogP contribution in [0.15, 0.2) is 47.5 Å². The third-order valence-corrected chi connectivity index (χ3v) is 6.42. The third-order valence-electron chi connectivity index (χ3n) is 5.00. The summed E-state index contributed by atoms with van der Waals surface area (Å²) in [5.41, 5.74) is 2.05. The van der Waals surface area contributed by atoms with Crippen LogP contribution in [-0.4, -0.2) is 51.5 Å². The number of hydrogen-bond donors (Lipinski definition) is 1. The lowest BCUT2D eigenvalue weighted by Gasteiger charge is -2.34. The van der Waals surface area contributed by atoms with Gasteiger partial charge in [0.05, 0.1) is 4.90 Å². The SMILES string of the molecule is CC(C)Cc1ccc(S(=O)(=O)NCc2cccnc2N2CCN(C)CC2)cc1. The number of nitrogens with one attached hydrogen (secondary N) is 1. The van der Waals surface area contributed by atoms with Crippen LogP contribution in [0, 0.1) is 5.92 Å². The average Bonchev–Trinajstić information content (AvgIpc) is 2.67. The molecule has 152 valence electrons. The Hall–Kier alpha value is -1.96. The van der Waals surface area contributed by atoms with Crippen molar-refractivity contribution in [2.75, 3.05) is 38.1 Å². The van der Waals surface area contributed by atoms with Crippen LogP contribution in [0.3, 0.4) is 0 Å². The van der Waals surface area contributed by atoms with Crippen molar-refractivity contribution in [2.45, 2.75) is 31.7 Å². The van der Waals surface area contributed by atoms with Crippen molar-refractivity contribution in [2.24, 2.45) is 5.92 Å². The molecule has 7 heteroatoms. The van der Waals surface area contributed by atoms with Gasteiger partial charge in [0.25, 0.3) is 0 Å². The summed E-state index contributed by atoms with van der Waals surface area (Å²) in [6, 6.07) is 11.0. The maximum Gasteiger partial charge on any atom is 0.240 e. The van der Waals surface area contributed by atoms with Crippen molar-refractivity contribution in [3.8, 4) is 0 Å². The molecule has 1 fully saturated rings. The van der Waals surface area contributed by atoms with Crippen LogP contribution in [0.2, 0.25) is 0 Å². The molecule has 0 saturated carbocycles. The Bertz CT molecular complexity index is 874. The molecule has 3 rings (SSSR count). The first-order valence-corrected chi connectivity index (χ1v) is 11.3. The molecule has 28 heavy (non-hydrogen) atoms. The van der Waals surface area contributed by atoms with E-state index in [-0.39, 0.29) is 6.54 Å². The lowest BCUT2D eigenvalue weighted by Crippen LogP contribution is -2.45. The Morgan fingerprint density at radius 1 is 1.07 bits per heavy atom. The Labute approximate surface area is 168 Å². The number of nitrogens with zero attached hydrogens (tertiary/aromatic N) is 3. The van der Waals surface area contributed by atoms with Gasteiger partial charge in [0.15, 0.2) is 0 Å². The lowest BCUT2D eigenvalue weighted by molar-refractivity contribution is 0.312. The first kappa shape index (κ1) is 20.8. The minimum Gasteiger partial charge on any atom is -0.354 e. The summed E-state index contributed by atoms with van der Waals surface area (Å²) < 4.78 is 28.2. The van der Waals surface area contributed by atoms with Crippen molar-refractivity contribution in [3.63, 3.8) is 0 Å². The molecule has 0 radical (unpaired) electrons. The number of benzene rings is 1. The summed E-state index contributed by atoms with van der Waals surface area (Å²) in [7, 11) is -1.46. The van der Waals surface area contributed by atoms with Crippen LogP contribution in [-0.2, 0) is 23.0 Å². The smallest absolute Gasteiger partial charge is 0.240 e. The molecule has 1 aromatic heterocycles. The molecule has 2 heterocycles. The van der Waals surface area contributed by atoms with Crippen LogP contribution in [0.4, 0.5) is 5.82 Å². The monoisotopic (exact) mass is 402 g/mol. The summed E-state index contributed by atoms with van der Waals surface area (Å²) in [5.74, 6) is 1.41. The summed E-state index contributed by atoms with van der Waals surface area (Å²) in [4.78, 5) is 9.32. The maximum atomic E-state index is 12.7. The second-order valence-electron chi connectivity index (χ2n) is 7.84. The molecule has 0 unspecified atom stereocenters. The highest BCUT2D eigenvalue weighted by Crippen LogP contribution is 2.20. The molecule has 2 aromatic rings. The topological polar surface area (TPSA) is 65.5 Å². The van der Waals surface area contributed by atoms with Gasteiger partial charge in [-0.25, -0.2) is 18.1 Å². The van der Waals surface area contributed by atoms with Gasteiger partial charge in [-0.3, -0.25) is 0 Å². The molecule has 1 aliphatic rings. The third kappa shape index (κ3) is 5.31. The predicted octanol–water partition coefficient (Wildman–Crippen LogP) is 2.51. The minimum atomic E-state index is -3.56. The van der Waals surface area contributed by atoms with Gasteiger partial charge in [-0.1, -0.05) is 32.0 Å². The van der Waals surface area contributed by atoms with Gasteiger partial charge in [0.2, 0.25) is 10.0 Å². The minimum absolute atomic E-state index is 0.228. The van der Waals surface area contributed by atoms with Gasteiger partial charge in [-0.2, -0.15) is 0 Å². The number of likely N-dealkylation sites (N-methyl/N-ethyl adjacent to an activating group) is 1. The van der Waals surface area contributed by atoms with Crippen molar-refractivity contribution in [3.05, 3.63) is 53.7 Å². The maximum absolute atomic E-state index is 12.7. The van der Waals surface area contributed by atoms with E-state index in [0.717, 1.165) is 49.5 Å². The summed E-state index contributed by atoms with van der Waals surface area (Å²) in [6.07, 6.45) is 2.71. The van der Waals surface area contributed by atoms with E-state index in [9.17, 15) is 8.42 Å². The fraction of sp³-hybridized carbons (Fsp3) is 0.476. The molecule has 1 aromatic carbocycles. The Morgan fingerprint density at radius 3 is 2.39 bits per heavy atom. The summed E-state index contributed by atoms with van der Waals surface area (Å²) in [5, 5.41) is 0. The number of piperazine rings is 1. The fourth-order valence-electron chi connectivity index (χ4n) is 3.40. The fourth-order valence-corrected chi connectivity index (χ4v) is 4.41. The highest BCUT2D eigenvalue weighted by atomic mass is 32.2. The molecule has 1 saturated heterocycles. The Balaban J connectivity index is 1.69. The van der Waals surface area contributed by atoms with Crippen molar-refractivity contribution in [1.29, 1.82) is 0 Å². The molecule has 0 bridgehead atoms. The highest BCUT2D eigenvalue weighted by molar-refractivity contribution is 7.89. The second kappa shape index (κ2) is 9.03. The van der Waals surface area contributed by atoms with E-state index in [1.165, 1.54) is 0 Å². The van der Waals surface area contributed by atoms with Crippen LogP contribution >= 0.6 is 0 Å². The van der Waals surface area contributed by atoms with Crippen molar-refractivity contribution >= 4 is 15.8 Å². The first-order valence-electron chi connectivity index (χ1n) is 9.81. The van der Waals surface area contributed by atoms with Crippen LogP contribution in [0.5, 0.6) is 0 Å².